The Hall–Kier alpha value is -2.68. The van der Waals surface area contributed by atoms with Crippen LogP contribution in [0.5, 0.6) is 0 Å². The van der Waals surface area contributed by atoms with Gasteiger partial charge in [-0.3, -0.25) is 9.48 Å². The van der Waals surface area contributed by atoms with Gasteiger partial charge >= 0.3 is 5.97 Å². The van der Waals surface area contributed by atoms with Gasteiger partial charge in [0.25, 0.3) is 5.91 Å². The van der Waals surface area contributed by atoms with Crippen molar-refractivity contribution >= 4 is 27.4 Å². The molecule has 3 rings (SSSR count). The molecule has 0 spiro atoms. The van der Waals surface area contributed by atoms with Crippen molar-refractivity contribution < 1.29 is 22.7 Å². The number of sulfone groups is 1. The summed E-state index contributed by atoms with van der Waals surface area (Å²) >= 11 is 0. The predicted molar refractivity (Wildman–Crippen MR) is 108 cm³/mol. The van der Waals surface area contributed by atoms with Crippen molar-refractivity contribution in [3.8, 4) is 0 Å². The maximum absolute atomic E-state index is 13.0. The Morgan fingerprint density at radius 2 is 1.97 bits per heavy atom. The maximum Gasteiger partial charge on any atom is 0.341 e. The molecule has 1 saturated carbocycles. The third-order valence-electron chi connectivity index (χ3n) is 5.14. The molecule has 2 aromatic rings. The first-order valence-electron chi connectivity index (χ1n) is 9.55. The van der Waals surface area contributed by atoms with E-state index in [0.717, 1.165) is 31.9 Å². The molecule has 156 valence electrons. The molecule has 1 aliphatic rings. The highest BCUT2D eigenvalue weighted by molar-refractivity contribution is 7.90. The molecule has 0 saturated heterocycles. The lowest BCUT2D eigenvalue weighted by atomic mass is 9.89. The van der Waals surface area contributed by atoms with Crippen molar-refractivity contribution in [2.24, 2.45) is 5.92 Å². The van der Waals surface area contributed by atoms with Crippen LogP contribution in [0.2, 0.25) is 0 Å². The van der Waals surface area contributed by atoms with Gasteiger partial charge in [0, 0.05) is 18.5 Å². The van der Waals surface area contributed by atoms with Crippen LogP contribution in [-0.4, -0.2) is 43.4 Å². The number of carbonyl (C=O) groups is 2. The van der Waals surface area contributed by atoms with Gasteiger partial charge in [-0.15, -0.1) is 0 Å². The van der Waals surface area contributed by atoms with E-state index in [9.17, 15) is 18.0 Å². The number of aromatic nitrogens is 2. The van der Waals surface area contributed by atoms with Crippen LogP contribution in [0.15, 0.2) is 35.4 Å². The van der Waals surface area contributed by atoms with Crippen LogP contribution in [0.4, 0.5) is 5.69 Å². The van der Waals surface area contributed by atoms with Crippen molar-refractivity contribution in [2.75, 3.05) is 18.7 Å². The van der Waals surface area contributed by atoms with E-state index < -0.39 is 21.7 Å². The molecule has 1 heterocycles. The minimum Gasteiger partial charge on any atom is -0.465 e. The molecule has 29 heavy (non-hydrogen) atoms. The highest BCUT2D eigenvalue weighted by atomic mass is 32.2. The van der Waals surface area contributed by atoms with E-state index in [1.54, 1.807) is 16.8 Å². The van der Waals surface area contributed by atoms with Gasteiger partial charge in [0.1, 0.15) is 11.3 Å². The Bertz CT molecular complexity index is 1010. The lowest BCUT2D eigenvalue weighted by molar-refractivity contribution is 0.0597. The average molecular weight is 420 g/mol. The number of rotatable bonds is 6. The van der Waals surface area contributed by atoms with Gasteiger partial charge in [-0.05, 0) is 37.0 Å². The summed E-state index contributed by atoms with van der Waals surface area (Å²) in [5.41, 5.74) is 0.520. The molecule has 1 aliphatic carbocycles. The van der Waals surface area contributed by atoms with Gasteiger partial charge in [0.05, 0.1) is 18.2 Å². The van der Waals surface area contributed by atoms with E-state index in [2.05, 4.69) is 10.4 Å². The number of carbonyl (C=O) groups excluding carboxylic acids is 2. The third-order valence-corrected chi connectivity index (χ3v) is 6.25. The molecule has 0 bridgehead atoms. The van der Waals surface area contributed by atoms with Crippen molar-refractivity contribution in [3.63, 3.8) is 0 Å². The fraction of sp³-hybridized carbons (Fsp3) is 0.450. The number of esters is 1. The van der Waals surface area contributed by atoms with Crippen LogP contribution >= 0.6 is 0 Å². The summed E-state index contributed by atoms with van der Waals surface area (Å²) in [6, 6.07) is 5.98. The summed E-state index contributed by atoms with van der Waals surface area (Å²) in [4.78, 5) is 25.3. The van der Waals surface area contributed by atoms with E-state index >= 15 is 0 Å². The standard InChI is InChI=1S/C20H25N3O5S/c1-28-20(25)17-12-21-23(13-14-7-4-3-5-8-14)18(17)19(24)22-15-9-6-10-16(11-15)29(2,26)27/h6,9-12,14H,3-5,7-8,13H2,1-2H3,(H,22,24). The molecule has 1 aromatic carbocycles. The van der Waals surface area contributed by atoms with Crippen molar-refractivity contribution in [1.29, 1.82) is 0 Å². The largest absolute Gasteiger partial charge is 0.465 e. The molecular formula is C20H25N3O5S. The Balaban J connectivity index is 1.89. The number of anilines is 1. The number of hydrogen-bond acceptors (Lipinski definition) is 6. The summed E-state index contributed by atoms with van der Waals surface area (Å²) in [6.07, 6.45) is 8.08. The van der Waals surface area contributed by atoms with Crippen LogP contribution in [0.25, 0.3) is 0 Å². The second-order valence-electron chi connectivity index (χ2n) is 7.34. The van der Waals surface area contributed by atoms with Gasteiger partial charge in [-0.2, -0.15) is 5.10 Å². The summed E-state index contributed by atoms with van der Waals surface area (Å²) in [6.45, 7) is 0.545. The smallest absolute Gasteiger partial charge is 0.341 e. The summed E-state index contributed by atoms with van der Waals surface area (Å²) in [7, 11) is -2.16. The number of nitrogens with zero attached hydrogens (tertiary/aromatic N) is 2. The topological polar surface area (TPSA) is 107 Å². The number of ether oxygens (including phenoxy) is 1. The fourth-order valence-electron chi connectivity index (χ4n) is 3.63. The Morgan fingerprint density at radius 1 is 1.24 bits per heavy atom. The zero-order valence-electron chi connectivity index (χ0n) is 16.6. The Morgan fingerprint density at radius 3 is 2.62 bits per heavy atom. The third kappa shape index (κ3) is 5.03. The molecular weight excluding hydrogens is 394 g/mol. The minimum atomic E-state index is -3.41. The fourth-order valence-corrected chi connectivity index (χ4v) is 4.30. The molecule has 1 amide bonds. The van der Waals surface area contributed by atoms with Crippen LogP contribution in [-0.2, 0) is 21.1 Å². The van der Waals surface area contributed by atoms with E-state index in [1.807, 2.05) is 0 Å². The van der Waals surface area contributed by atoms with Crippen molar-refractivity contribution in [3.05, 3.63) is 41.7 Å². The lowest BCUT2D eigenvalue weighted by Gasteiger charge is -2.22. The van der Waals surface area contributed by atoms with Crippen molar-refractivity contribution in [1.82, 2.24) is 9.78 Å². The number of benzene rings is 1. The molecule has 9 heteroatoms. The zero-order valence-corrected chi connectivity index (χ0v) is 17.4. The highest BCUT2D eigenvalue weighted by Gasteiger charge is 2.26. The average Bonchev–Trinajstić information content (AvgIpc) is 3.11. The second-order valence-corrected chi connectivity index (χ2v) is 9.35. The normalized spacial score (nSPS) is 15.1. The first-order chi connectivity index (χ1) is 13.8. The van der Waals surface area contributed by atoms with Crippen LogP contribution in [0.1, 0.15) is 53.0 Å². The van der Waals surface area contributed by atoms with Crippen LogP contribution in [0.3, 0.4) is 0 Å². The van der Waals surface area contributed by atoms with Gasteiger partial charge in [0.15, 0.2) is 9.84 Å². The van der Waals surface area contributed by atoms with Gasteiger partial charge < -0.3 is 10.1 Å². The second kappa shape index (κ2) is 8.77. The number of nitrogens with one attached hydrogen (secondary N) is 1. The van der Waals surface area contributed by atoms with E-state index in [4.69, 9.17) is 4.74 Å². The van der Waals surface area contributed by atoms with Gasteiger partial charge in [-0.1, -0.05) is 25.3 Å². The van der Waals surface area contributed by atoms with Crippen LogP contribution in [0, 0.1) is 5.92 Å². The summed E-state index contributed by atoms with van der Waals surface area (Å²) in [5, 5.41) is 6.94. The molecule has 0 unspecified atom stereocenters. The Labute approximate surface area is 170 Å². The SMILES string of the molecule is COC(=O)c1cnn(CC2CCCCC2)c1C(=O)Nc1cccc(S(C)(=O)=O)c1. The number of hydrogen-bond donors (Lipinski definition) is 1. The molecule has 0 aliphatic heterocycles. The summed E-state index contributed by atoms with van der Waals surface area (Å²) < 4.78 is 29.9. The first kappa shape index (κ1) is 21.0. The minimum absolute atomic E-state index is 0.0834. The number of methoxy groups -OCH3 is 1. The van der Waals surface area contributed by atoms with Gasteiger partial charge in [-0.25, -0.2) is 13.2 Å². The van der Waals surface area contributed by atoms with E-state index in [0.29, 0.717) is 18.2 Å². The van der Waals surface area contributed by atoms with Crippen LogP contribution < -0.4 is 5.32 Å². The number of amides is 1. The predicted octanol–water partition coefficient (Wildman–Crippen LogP) is 2.91. The quantitative estimate of drug-likeness (QED) is 0.722. The van der Waals surface area contributed by atoms with Gasteiger partial charge in [0.2, 0.25) is 0 Å². The van der Waals surface area contributed by atoms with E-state index in [-0.39, 0.29) is 16.2 Å². The van der Waals surface area contributed by atoms with E-state index in [1.165, 1.54) is 31.9 Å². The monoisotopic (exact) mass is 419 g/mol. The molecule has 1 fully saturated rings. The first-order valence-corrected chi connectivity index (χ1v) is 11.4. The molecule has 0 radical (unpaired) electrons. The lowest BCUT2D eigenvalue weighted by Crippen LogP contribution is -2.24. The Kier molecular flexibility index (Phi) is 6.36. The van der Waals surface area contributed by atoms with Crippen molar-refractivity contribution in [2.45, 2.75) is 43.5 Å². The summed E-state index contributed by atoms with van der Waals surface area (Å²) in [5.74, 6) is -0.784. The molecule has 1 N–H and O–H groups in total. The molecule has 1 aromatic heterocycles. The molecule has 0 atom stereocenters. The maximum atomic E-state index is 13.0. The molecule has 8 nitrogen and oxygen atoms in total. The zero-order chi connectivity index (χ0) is 21.0. The highest BCUT2D eigenvalue weighted by Crippen LogP contribution is 2.26.